The number of amides is 2. The Labute approximate surface area is 354 Å². The first kappa shape index (κ1) is 50.8. The molecule has 0 aromatic heterocycles. The standard InChI is InChI=1S/C43H68ClN5O7S2/c1-9-11-12-13-14-15-16-17-18-19-20-21-22-23-29-49(58(8,55)56)42(52)34-24-26-36(44)38(32-34)47-41(51)39(40(50)43(4,5)6)46-37-27-25-35(31-33(37)3)48(10-2)30-28-45-57(7,53)54/h24-27,31-32,45H,9-23,28-30H2,1-8H3,(H,47,51). The van der Waals surface area contributed by atoms with Gasteiger partial charge in [-0.1, -0.05) is 123 Å². The van der Waals surface area contributed by atoms with E-state index in [9.17, 15) is 31.2 Å². The van der Waals surface area contributed by atoms with Gasteiger partial charge in [0.2, 0.25) is 20.0 Å². The molecule has 2 aromatic carbocycles. The Morgan fingerprint density at radius 2 is 1.31 bits per heavy atom. The molecule has 0 saturated heterocycles. The predicted octanol–water partition coefficient (Wildman–Crippen LogP) is 9.23. The lowest BCUT2D eigenvalue weighted by Gasteiger charge is -2.24. The van der Waals surface area contributed by atoms with Gasteiger partial charge in [0.25, 0.3) is 11.8 Å². The molecule has 0 heterocycles. The smallest absolute Gasteiger partial charge is 0.278 e. The fraction of sp³-hybridized carbons (Fsp3) is 0.628. The third-order valence-electron chi connectivity index (χ3n) is 9.82. The van der Waals surface area contributed by atoms with Crippen molar-refractivity contribution < 1.29 is 31.2 Å². The van der Waals surface area contributed by atoms with Crippen LogP contribution in [0.15, 0.2) is 41.4 Å². The molecule has 0 fully saturated rings. The van der Waals surface area contributed by atoms with Crippen molar-refractivity contribution >= 4 is 72.0 Å². The summed E-state index contributed by atoms with van der Waals surface area (Å²) in [6.45, 7) is 12.3. The molecule has 0 aliphatic rings. The predicted molar refractivity (Wildman–Crippen MR) is 240 cm³/mol. The van der Waals surface area contributed by atoms with Crippen LogP contribution in [0.4, 0.5) is 17.1 Å². The van der Waals surface area contributed by atoms with Crippen molar-refractivity contribution in [2.75, 3.05) is 48.9 Å². The summed E-state index contributed by atoms with van der Waals surface area (Å²) in [7, 11) is -7.24. The third-order valence-corrected chi connectivity index (χ3v) is 12.0. The Kier molecular flexibility index (Phi) is 21.6. The average molecular weight is 867 g/mol. The van der Waals surface area contributed by atoms with E-state index >= 15 is 0 Å². The number of ketones is 1. The van der Waals surface area contributed by atoms with E-state index < -0.39 is 43.1 Å². The van der Waals surface area contributed by atoms with Crippen LogP contribution in [0.3, 0.4) is 0 Å². The summed E-state index contributed by atoms with van der Waals surface area (Å²) in [6, 6.07) is 9.42. The van der Waals surface area contributed by atoms with Crippen molar-refractivity contribution in [1.82, 2.24) is 9.03 Å². The molecule has 0 aliphatic carbocycles. The zero-order valence-electron chi connectivity index (χ0n) is 36.1. The van der Waals surface area contributed by atoms with E-state index in [0.717, 1.165) is 48.2 Å². The van der Waals surface area contributed by atoms with Gasteiger partial charge >= 0.3 is 0 Å². The molecule has 0 unspecified atom stereocenters. The van der Waals surface area contributed by atoms with E-state index in [0.29, 0.717) is 30.8 Å². The number of carbonyl (C=O) groups is 3. The number of nitrogens with zero attached hydrogens (tertiary/aromatic N) is 3. The number of unbranched alkanes of at least 4 members (excludes halogenated alkanes) is 13. The number of aryl methyl sites for hydroxylation is 1. The van der Waals surface area contributed by atoms with Crippen molar-refractivity contribution in [3.8, 4) is 0 Å². The Morgan fingerprint density at radius 1 is 0.759 bits per heavy atom. The number of carbonyl (C=O) groups excluding carboxylic acids is 3. The van der Waals surface area contributed by atoms with Crippen molar-refractivity contribution in [1.29, 1.82) is 0 Å². The highest BCUT2D eigenvalue weighted by molar-refractivity contribution is 7.89. The molecule has 0 saturated carbocycles. The fourth-order valence-electron chi connectivity index (χ4n) is 6.43. The summed E-state index contributed by atoms with van der Waals surface area (Å²) < 4.78 is 52.0. The molecule has 326 valence electrons. The van der Waals surface area contributed by atoms with Gasteiger partial charge in [-0.2, -0.15) is 0 Å². The van der Waals surface area contributed by atoms with Crippen molar-refractivity contribution in [2.45, 2.75) is 131 Å². The number of nitrogens with one attached hydrogen (secondary N) is 2. The number of hydrogen-bond acceptors (Lipinski definition) is 9. The van der Waals surface area contributed by atoms with Crippen LogP contribution in [0.25, 0.3) is 0 Å². The van der Waals surface area contributed by atoms with Crippen molar-refractivity contribution in [3.05, 3.63) is 52.5 Å². The highest BCUT2D eigenvalue weighted by atomic mass is 35.5. The molecular weight excluding hydrogens is 798 g/mol. The minimum atomic E-state index is -3.91. The van der Waals surface area contributed by atoms with Crippen LogP contribution in [-0.2, 0) is 29.6 Å². The van der Waals surface area contributed by atoms with E-state index in [-0.39, 0.29) is 35.1 Å². The monoisotopic (exact) mass is 865 g/mol. The fourth-order valence-corrected chi connectivity index (χ4v) is 7.92. The van der Waals surface area contributed by atoms with E-state index in [1.807, 2.05) is 17.9 Å². The van der Waals surface area contributed by atoms with E-state index in [4.69, 9.17) is 11.6 Å². The SMILES string of the molecule is CCCCCCCCCCCCCCCCN(C(=O)c1ccc(Cl)c(NC(=O)C(=Nc2ccc(N(CC)CCNS(C)(=O)=O)cc2C)C(=O)C(C)(C)C)c1)S(C)(=O)=O. The molecule has 0 spiro atoms. The maximum absolute atomic E-state index is 13.8. The zero-order chi connectivity index (χ0) is 43.5. The number of Topliss-reactive ketones (excluding diaryl/α,β-unsaturated/α-hetero) is 1. The molecule has 15 heteroatoms. The van der Waals surface area contributed by atoms with Gasteiger partial charge in [-0.25, -0.2) is 30.9 Å². The Bertz CT molecular complexity index is 1910. The Hall–Kier alpha value is -3.33. The lowest BCUT2D eigenvalue weighted by Crippen LogP contribution is -2.38. The van der Waals surface area contributed by atoms with E-state index in [2.05, 4.69) is 22.0 Å². The van der Waals surface area contributed by atoms with Gasteiger partial charge < -0.3 is 10.2 Å². The van der Waals surface area contributed by atoms with E-state index in [1.54, 1.807) is 39.8 Å². The molecule has 2 N–H and O–H groups in total. The van der Waals surface area contributed by atoms with Gasteiger partial charge in [0.05, 0.1) is 28.9 Å². The molecule has 2 aromatic rings. The van der Waals surface area contributed by atoms with Gasteiger partial charge in [0.1, 0.15) is 0 Å². The summed E-state index contributed by atoms with van der Waals surface area (Å²) in [5.74, 6) is -2.12. The normalized spacial score (nSPS) is 12.4. The largest absolute Gasteiger partial charge is 0.370 e. The quantitative estimate of drug-likeness (QED) is 0.0510. The molecule has 0 aliphatic heterocycles. The van der Waals surface area contributed by atoms with Gasteiger partial charge in [0.15, 0.2) is 11.5 Å². The van der Waals surface area contributed by atoms with E-state index in [1.165, 1.54) is 76.0 Å². The number of halogens is 1. The second kappa shape index (κ2) is 24.7. The number of benzene rings is 2. The highest BCUT2D eigenvalue weighted by Gasteiger charge is 2.32. The maximum Gasteiger partial charge on any atom is 0.278 e. The minimum absolute atomic E-state index is 0.00905. The summed E-state index contributed by atoms with van der Waals surface area (Å²) in [5.41, 5.74) is 0.517. The number of rotatable bonds is 27. The minimum Gasteiger partial charge on any atom is -0.370 e. The van der Waals surface area contributed by atoms with Gasteiger partial charge in [-0.05, 0) is 62.2 Å². The lowest BCUT2D eigenvalue weighted by molar-refractivity contribution is -0.121. The molecule has 2 amide bonds. The molecule has 0 bridgehead atoms. The first-order valence-corrected chi connectivity index (χ1v) is 24.9. The number of sulfonamides is 2. The third kappa shape index (κ3) is 18.3. The van der Waals surface area contributed by atoms with Crippen molar-refractivity contribution in [3.63, 3.8) is 0 Å². The number of hydrogen-bond donors (Lipinski definition) is 2. The first-order valence-electron chi connectivity index (χ1n) is 20.8. The van der Waals surface area contributed by atoms with Gasteiger partial charge in [-0.3, -0.25) is 14.4 Å². The summed E-state index contributed by atoms with van der Waals surface area (Å²) in [5, 5.41) is 2.72. The molecule has 0 radical (unpaired) electrons. The number of aliphatic imine (C=N–C) groups is 1. The van der Waals surface area contributed by atoms with Crippen LogP contribution < -0.4 is 14.9 Å². The second-order valence-corrected chi connectivity index (χ2v) is 20.3. The summed E-state index contributed by atoms with van der Waals surface area (Å²) >= 11 is 6.47. The number of likely N-dealkylation sites (N-methyl/N-ethyl adjacent to an activating group) is 1. The first-order chi connectivity index (χ1) is 27.2. The molecule has 2 rings (SSSR count). The summed E-state index contributed by atoms with van der Waals surface area (Å²) in [4.78, 5) is 47.6. The Balaban J connectivity index is 2.16. The molecule has 58 heavy (non-hydrogen) atoms. The number of anilines is 2. The van der Waals surface area contributed by atoms with Gasteiger partial charge in [-0.15, -0.1) is 0 Å². The molecule has 0 atom stereocenters. The zero-order valence-corrected chi connectivity index (χ0v) is 38.5. The summed E-state index contributed by atoms with van der Waals surface area (Å²) in [6.07, 6.45) is 18.2. The van der Waals surface area contributed by atoms with Crippen LogP contribution >= 0.6 is 11.6 Å². The average Bonchev–Trinajstić information content (AvgIpc) is 3.13. The maximum atomic E-state index is 13.8. The second-order valence-electron chi connectivity index (χ2n) is 16.1. The topological polar surface area (TPSA) is 162 Å². The van der Waals surface area contributed by atoms with Crippen LogP contribution in [0.1, 0.15) is 140 Å². The Morgan fingerprint density at radius 3 is 1.79 bits per heavy atom. The molecular formula is C43H68ClN5O7S2. The van der Waals surface area contributed by atoms with Crippen LogP contribution in [-0.4, -0.2) is 83.1 Å². The van der Waals surface area contributed by atoms with Crippen LogP contribution in [0, 0.1) is 12.3 Å². The van der Waals surface area contributed by atoms with Gasteiger partial charge in [0, 0.05) is 42.8 Å². The van der Waals surface area contributed by atoms with Crippen LogP contribution in [0.2, 0.25) is 5.02 Å². The van der Waals surface area contributed by atoms with Crippen molar-refractivity contribution in [2.24, 2.45) is 10.4 Å². The molecule has 12 nitrogen and oxygen atoms in total. The van der Waals surface area contributed by atoms with Crippen LogP contribution in [0.5, 0.6) is 0 Å². The highest BCUT2D eigenvalue weighted by Crippen LogP contribution is 2.29. The lowest BCUT2D eigenvalue weighted by atomic mass is 9.87.